The van der Waals surface area contributed by atoms with Crippen molar-refractivity contribution in [3.05, 3.63) is 23.5 Å². The van der Waals surface area contributed by atoms with Crippen LogP contribution in [0, 0.1) is 17.7 Å². The molecule has 0 aromatic heterocycles. The Kier molecular flexibility index (Phi) is 5.84. The van der Waals surface area contributed by atoms with Gasteiger partial charge in [0.2, 0.25) is 0 Å². The molecule has 2 rings (SSSR count). The molecule has 0 bridgehead atoms. The van der Waals surface area contributed by atoms with Crippen LogP contribution >= 0.6 is 0 Å². The van der Waals surface area contributed by atoms with Crippen LogP contribution in [0.25, 0.3) is 0 Å². The van der Waals surface area contributed by atoms with E-state index in [4.69, 9.17) is 16.3 Å². The Labute approximate surface area is 137 Å². The molecule has 1 aliphatic carbocycles. The summed E-state index contributed by atoms with van der Waals surface area (Å²) in [6, 6.07) is 2.98. The number of halogens is 1. The SMILES string of the molecule is CCOC1(c2c(F)ccc(NN)c2N)C(C)CCCC1CNC. The molecule has 1 saturated carbocycles. The van der Waals surface area contributed by atoms with Crippen LogP contribution in [0.2, 0.25) is 0 Å². The topological polar surface area (TPSA) is 85.3 Å². The summed E-state index contributed by atoms with van der Waals surface area (Å²) >= 11 is 0. The van der Waals surface area contributed by atoms with Crippen molar-refractivity contribution in [3.63, 3.8) is 0 Å². The highest BCUT2D eigenvalue weighted by Gasteiger charge is 2.50. The molecular weight excluding hydrogens is 295 g/mol. The number of hydrogen-bond donors (Lipinski definition) is 4. The second-order valence-electron chi connectivity index (χ2n) is 6.34. The fourth-order valence-corrected chi connectivity index (χ4v) is 4.14. The summed E-state index contributed by atoms with van der Waals surface area (Å²) in [5.41, 5.74) is 9.42. The zero-order valence-electron chi connectivity index (χ0n) is 14.3. The summed E-state index contributed by atoms with van der Waals surface area (Å²) in [5.74, 6) is 5.53. The van der Waals surface area contributed by atoms with Gasteiger partial charge in [0.1, 0.15) is 11.4 Å². The van der Waals surface area contributed by atoms with Gasteiger partial charge in [-0.3, -0.25) is 5.84 Å². The quantitative estimate of drug-likeness (QED) is 0.367. The highest BCUT2D eigenvalue weighted by Crippen LogP contribution is 2.51. The summed E-state index contributed by atoms with van der Waals surface area (Å²) in [6.07, 6.45) is 3.07. The van der Waals surface area contributed by atoms with Crippen LogP contribution in [0.15, 0.2) is 12.1 Å². The molecule has 1 fully saturated rings. The van der Waals surface area contributed by atoms with Crippen molar-refractivity contribution >= 4 is 11.4 Å². The molecule has 0 amide bonds. The van der Waals surface area contributed by atoms with Gasteiger partial charge in [-0.1, -0.05) is 13.3 Å². The summed E-state index contributed by atoms with van der Waals surface area (Å²) in [7, 11) is 1.91. The molecule has 0 spiro atoms. The third-order valence-corrected chi connectivity index (χ3v) is 5.10. The summed E-state index contributed by atoms with van der Waals surface area (Å²) in [4.78, 5) is 0. The smallest absolute Gasteiger partial charge is 0.131 e. The van der Waals surface area contributed by atoms with Crippen molar-refractivity contribution in [2.75, 3.05) is 31.4 Å². The van der Waals surface area contributed by atoms with E-state index in [0.717, 1.165) is 25.8 Å². The number of rotatable bonds is 6. The molecule has 0 heterocycles. The van der Waals surface area contributed by atoms with Crippen LogP contribution in [-0.2, 0) is 10.3 Å². The summed E-state index contributed by atoms with van der Waals surface area (Å²) in [6.45, 7) is 5.32. The average Bonchev–Trinajstić information content (AvgIpc) is 2.52. The number of benzene rings is 1. The van der Waals surface area contributed by atoms with Crippen molar-refractivity contribution < 1.29 is 9.13 Å². The first-order valence-electron chi connectivity index (χ1n) is 8.36. The third-order valence-electron chi connectivity index (χ3n) is 5.10. The van der Waals surface area contributed by atoms with E-state index in [2.05, 4.69) is 17.7 Å². The number of nitrogens with two attached hydrogens (primary N) is 2. The lowest BCUT2D eigenvalue weighted by Crippen LogP contribution is -2.50. The lowest BCUT2D eigenvalue weighted by atomic mass is 9.64. The number of hydrazine groups is 1. The van der Waals surface area contributed by atoms with Gasteiger partial charge in [0.15, 0.2) is 0 Å². The number of hydrogen-bond acceptors (Lipinski definition) is 5. The molecule has 0 radical (unpaired) electrons. The van der Waals surface area contributed by atoms with Gasteiger partial charge < -0.3 is 21.2 Å². The molecule has 23 heavy (non-hydrogen) atoms. The second-order valence-corrected chi connectivity index (χ2v) is 6.34. The van der Waals surface area contributed by atoms with Gasteiger partial charge in [0.05, 0.1) is 11.4 Å². The standard InChI is InChI=1S/C17H29FN4O/c1-4-23-17(11(2)6-5-7-12(17)10-21-3)15-13(18)8-9-14(22-20)16(15)19/h8-9,11-12,21-22H,4-7,10,19-20H2,1-3H3. The fraction of sp³-hybridized carbons (Fsp3) is 0.647. The molecule has 3 unspecified atom stereocenters. The first-order valence-corrected chi connectivity index (χ1v) is 8.36. The normalized spacial score (nSPS) is 27.9. The zero-order valence-corrected chi connectivity index (χ0v) is 14.3. The van der Waals surface area contributed by atoms with E-state index in [-0.39, 0.29) is 17.7 Å². The molecule has 6 heteroatoms. The monoisotopic (exact) mass is 324 g/mol. The van der Waals surface area contributed by atoms with Crippen molar-refractivity contribution in [2.24, 2.45) is 17.7 Å². The number of anilines is 2. The number of nitrogen functional groups attached to an aromatic ring is 2. The van der Waals surface area contributed by atoms with Gasteiger partial charge in [0.25, 0.3) is 0 Å². The van der Waals surface area contributed by atoms with Crippen LogP contribution in [0.1, 0.15) is 38.7 Å². The largest absolute Gasteiger partial charge is 0.397 e. The van der Waals surface area contributed by atoms with E-state index in [0.29, 0.717) is 23.5 Å². The minimum Gasteiger partial charge on any atom is -0.397 e. The molecule has 3 atom stereocenters. The Bertz CT molecular complexity index is 538. The Hall–Kier alpha value is -1.37. The Morgan fingerprint density at radius 2 is 2.13 bits per heavy atom. The van der Waals surface area contributed by atoms with Gasteiger partial charge in [-0.25, -0.2) is 4.39 Å². The van der Waals surface area contributed by atoms with E-state index in [1.165, 1.54) is 6.07 Å². The lowest BCUT2D eigenvalue weighted by molar-refractivity contribution is -0.145. The maximum atomic E-state index is 14.9. The van der Waals surface area contributed by atoms with Crippen LogP contribution in [0.4, 0.5) is 15.8 Å². The highest BCUT2D eigenvalue weighted by molar-refractivity contribution is 5.71. The molecule has 130 valence electrons. The van der Waals surface area contributed by atoms with Gasteiger partial charge in [-0.15, -0.1) is 0 Å². The minimum atomic E-state index is -0.739. The molecule has 1 aromatic rings. The molecule has 0 saturated heterocycles. The molecule has 0 aliphatic heterocycles. The lowest BCUT2D eigenvalue weighted by Gasteiger charge is -2.49. The van der Waals surface area contributed by atoms with E-state index < -0.39 is 5.60 Å². The van der Waals surface area contributed by atoms with Crippen molar-refractivity contribution in [2.45, 2.75) is 38.7 Å². The highest BCUT2D eigenvalue weighted by atomic mass is 19.1. The first-order chi connectivity index (χ1) is 11.0. The van der Waals surface area contributed by atoms with Gasteiger partial charge in [0, 0.05) is 24.6 Å². The summed E-state index contributed by atoms with van der Waals surface area (Å²) < 4.78 is 21.1. The Balaban J connectivity index is 2.68. The van der Waals surface area contributed by atoms with E-state index >= 15 is 0 Å². The average molecular weight is 324 g/mol. The van der Waals surface area contributed by atoms with Crippen LogP contribution in [0.5, 0.6) is 0 Å². The fourth-order valence-electron chi connectivity index (χ4n) is 4.14. The van der Waals surface area contributed by atoms with E-state index in [1.807, 2.05) is 14.0 Å². The molecule has 6 N–H and O–H groups in total. The third kappa shape index (κ3) is 3.03. The molecule has 1 aliphatic rings. The maximum absolute atomic E-state index is 14.9. The van der Waals surface area contributed by atoms with Crippen molar-refractivity contribution in [1.82, 2.24) is 5.32 Å². The van der Waals surface area contributed by atoms with Crippen molar-refractivity contribution in [1.29, 1.82) is 0 Å². The molecule has 1 aromatic carbocycles. The Morgan fingerprint density at radius 3 is 2.74 bits per heavy atom. The predicted molar refractivity (Wildman–Crippen MR) is 92.4 cm³/mol. The van der Waals surface area contributed by atoms with Crippen LogP contribution < -0.4 is 22.3 Å². The molecule has 5 nitrogen and oxygen atoms in total. The number of ether oxygens (including phenoxy) is 1. The van der Waals surface area contributed by atoms with Gasteiger partial charge >= 0.3 is 0 Å². The first kappa shape index (κ1) is 18.0. The van der Waals surface area contributed by atoms with Gasteiger partial charge in [-0.05, 0) is 44.9 Å². The van der Waals surface area contributed by atoms with Crippen LogP contribution in [0.3, 0.4) is 0 Å². The van der Waals surface area contributed by atoms with Crippen molar-refractivity contribution in [3.8, 4) is 0 Å². The second kappa shape index (κ2) is 7.47. The van der Waals surface area contributed by atoms with Crippen LogP contribution in [-0.4, -0.2) is 20.2 Å². The summed E-state index contributed by atoms with van der Waals surface area (Å²) in [5, 5.41) is 3.22. The van der Waals surface area contributed by atoms with E-state index in [1.54, 1.807) is 6.07 Å². The minimum absolute atomic E-state index is 0.154. The zero-order chi connectivity index (χ0) is 17.0. The van der Waals surface area contributed by atoms with E-state index in [9.17, 15) is 4.39 Å². The maximum Gasteiger partial charge on any atom is 0.131 e. The molecular formula is C17H29FN4O. The van der Waals surface area contributed by atoms with Gasteiger partial charge in [-0.2, -0.15) is 0 Å². The Morgan fingerprint density at radius 1 is 1.39 bits per heavy atom. The predicted octanol–water partition coefficient (Wildman–Crippen LogP) is 2.58. The number of nitrogens with one attached hydrogen (secondary N) is 2.